The largest absolute Gasteiger partial charge is 0.440 e. The van der Waals surface area contributed by atoms with Crippen molar-refractivity contribution in [1.29, 1.82) is 0 Å². The van der Waals surface area contributed by atoms with Crippen LogP contribution in [0.3, 0.4) is 0 Å². The number of aromatic nitrogens is 3. The van der Waals surface area contributed by atoms with Gasteiger partial charge in [0, 0.05) is 11.1 Å². The second-order valence-corrected chi connectivity index (χ2v) is 4.30. The third kappa shape index (κ3) is 1.94. The average molecular weight is 244 g/mol. The van der Waals surface area contributed by atoms with E-state index in [9.17, 15) is 0 Å². The van der Waals surface area contributed by atoms with E-state index < -0.39 is 0 Å². The molecule has 17 heavy (non-hydrogen) atoms. The molecular formula is C11H8N4OS. The molecule has 0 aliphatic carbocycles. The number of benzene rings is 1. The number of nitrogen functional groups attached to an aromatic ring is 1. The van der Waals surface area contributed by atoms with Crippen molar-refractivity contribution in [3.8, 4) is 0 Å². The van der Waals surface area contributed by atoms with Crippen molar-refractivity contribution in [1.82, 2.24) is 15.0 Å². The Kier molecular flexibility index (Phi) is 2.41. The van der Waals surface area contributed by atoms with Gasteiger partial charge in [-0.25, -0.2) is 15.0 Å². The van der Waals surface area contributed by atoms with Crippen molar-refractivity contribution >= 4 is 28.4 Å². The molecule has 0 aliphatic heterocycles. The zero-order valence-corrected chi connectivity index (χ0v) is 9.52. The predicted octanol–water partition coefficient (Wildman–Crippen LogP) is 2.35. The third-order valence-electron chi connectivity index (χ3n) is 2.22. The Morgan fingerprint density at radius 3 is 2.94 bits per heavy atom. The van der Waals surface area contributed by atoms with Gasteiger partial charge in [-0.2, -0.15) is 0 Å². The molecule has 2 aromatic heterocycles. The molecule has 0 saturated heterocycles. The summed E-state index contributed by atoms with van der Waals surface area (Å²) >= 11 is 1.35. The van der Waals surface area contributed by atoms with Crippen LogP contribution in [0, 0.1) is 0 Å². The lowest BCUT2D eigenvalue weighted by atomic mass is 10.2. The Morgan fingerprint density at radius 1 is 1.18 bits per heavy atom. The van der Waals surface area contributed by atoms with Crippen molar-refractivity contribution in [3.05, 3.63) is 37.0 Å². The summed E-state index contributed by atoms with van der Waals surface area (Å²) in [4.78, 5) is 12.4. The fourth-order valence-electron chi connectivity index (χ4n) is 1.48. The first-order valence-electron chi connectivity index (χ1n) is 4.90. The van der Waals surface area contributed by atoms with E-state index in [4.69, 9.17) is 10.2 Å². The highest BCUT2D eigenvalue weighted by Gasteiger charge is 2.08. The van der Waals surface area contributed by atoms with Crippen LogP contribution in [-0.4, -0.2) is 15.0 Å². The number of hydrogen-bond donors (Lipinski definition) is 1. The Labute approximate surface area is 101 Å². The van der Waals surface area contributed by atoms with E-state index in [0.717, 1.165) is 15.9 Å². The van der Waals surface area contributed by atoms with E-state index >= 15 is 0 Å². The molecule has 6 heteroatoms. The van der Waals surface area contributed by atoms with Crippen LogP contribution in [0.2, 0.25) is 0 Å². The van der Waals surface area contributed by atoms with Gasteiger partial charge in [0.15, 0.2) is 0 Å². The Bertz CT molecular complexity index is 654. The van der Waals surface area contributed by atoms with Gasteiger partial charge in [-0.1, -0.05) is 0 Å². The molecule has 0 spiro atoms. The minimum Gasteiger partial charge on any atom is -0.440 e. The van der Waals surface area contributed by atoms with Gasteiger partial charge in [-0.3, -0.25) is 0 Å². The van der Waals surface area contributed by atoms with Crippen LogP contribution in [0.1, 0.15) is 0 Å². The van der Waals surface area contributed by atoms with Gasteiger partial charge in [-0.15, -0.1) is 0 Å². The Morgan fingerprint density at radius 2 is 2.12 bits per heavy atom. The molecule has 3 aromatic rings. The Hall–Kier alpha value is -2.08. The maximum absolute atomic E-state index is 5.76. The Balaban J connectivity index is 2.12. The summed E-state index contributed by atoms with van der Waals surface area (Å²) in [5.41, 5.74) is 7.29. The van der Waals surface area contributed by atoms with Crippen LogP contribution in [0.5, 0.6) is 0 Å². The lowest BCUT2D eigenvalue weighted by molar-refractivity contribution is 0.454. The molecule has 0 saturated carbocycles. The third-order valence-corrected chi connectivity index (χ3v) is 3.11. The van der Waals surface area contributed by atoms with E-state index in [-0.39, 0.29) is 0 Å². The van der Waals surface area contributed by atoms with E-state index in [1.165, 1.54) is 24.4 Å². The normalized spacial score (nSPS) is 10.8. The van der Waals surface area contributed by atoms with Crippen LogP contribution in [0.15, 0.2) is 51.7 Å². The number of nitrogens with zero attached hydrogens (tertiary/aromatic N) is 3. The zero-order chi connectivity index (χ0) is 11.7. The summed E-state index contributed by atoms with van der Waals surface area (Å²) in [6.07, 6.45) is 4.64. The molecule has 2 N–H and O–H groups in total. The number of oxazole rings is 1. The summed E-state index contributed by atoms with van der Waals surface area (Å²) in [6.45, 7) is 0. The van der Waals surface area contributed by atoms with Gasteiger partial charge in [0.05, 0.1) is 11.7 Å². The number of fused-ring (bicyclic) bond motifs is 1. The number of rotatable bonds is 2. The molecule has 0 unspecified atom stereocenters. The van der Waals surface area contributed by atoms with E-state index in [1.807, 2.05) is 18.2 Å². The molecule has 0 aliphatic rings. The number of anilines is 1. The van der Waals surface area contributed by atoms with E-state index in [0.29, 0.717) is 10.9 Å². The van der Waals surface area contributed by atoms with Crippen LogP contribution < -0.4 is 5.73 Å². The molecule has 0 radical (unpaired) electrons. The van der Waals surface area contributed by atoms with Crippen molar-refractivity contribution in [2.24, 2.45) is 0 Å². The second-order valence-electron chi connectivity index (χ2n) is 3.36. The molecule has 84 valence electrons. The molecule has 3 rings (SSSR count). The molecule has 0 fully saturated rings. The van der Waals surface area contributed by atoms with Gasteiger partial charge in [-0.05, 0) is 30.0 Å². The minimum absolute atomic E-state index is 0.549. The smallest absolute Gasteiger partial charge is 0.261 e. The highest BCUT2D eigenvalue weighted by molar-refractivity contribution is 7.99. The van der Waals surface area contributed by atoms with Crippen LogP contribution in [0.25, 0.3) is 10.9 Å². The summed E-state index contributed by atoms with van der Waals surface area (Å²) in [5, 5.41) is 2.23. The lowest BCUT2D eigenvalue weighted by Crippen LogP contribution is -1.90. The monoisotopic (exact) mass is 244 g/mol. The topological polar surface area (TPSA) is 77.8 Å². The molecular weight excluding hydrogens is 236 g/mol. The van der Waals surface area contributed by atoms with Crippen LogP contribution in [0.4, 0.5) is 5.69 Å². The standard InChI is InChI=1S/C11H8N4OS/c12-7-1-2-9-8(5-7)10(15-6-14-9)17-11-13-3-4-16-11/h1-6H,12H2. The van der Waals surface area contributed by atoms with Gasteiger partial charge in [0.25, 0.3) is 5.22 Å². The van der Waals surface area contributed by atoms with Gasteiger partial charge in [0.2, 0.25) is 0 Å². The van der Waals surface area contributed by atoms with E-state index in [2.05, 4.69) is 15.0 Å². The quantitative estimate of drug-likeness (QED) is 0.550. The second kappa shape index (κ2) is 4.06. The average Bonchev–Trinajstić information content (AvgIpc) is 2.83. The summed E-state index contributed by atoms with van der Waals surface area (Å²) in [7, 11) is 0. The summed E-state index contributed by atoms with van der Waals surface area (Å²) in [5.74, 6) is 0. The maximum Gasteiger partial charge on any atom is 0.261 e. The summed E-state index contributed by atoms with van der Waals surface area (Å²) < 4.78 is 5.18. The number of hydrogen-bond acceptors (Lipinski definition) is 6. The molecule has 0 amide bonds. The summed E-state index contributed by atoms with van der Waals surface area (Å²) in [6, 6.07) is 5.53. The van der Waals surface area contributed by atoms with Crippen molar-refractivity contribution in [2.45, 2.75) is 10.2 Å². The zero-order valence-electron chi connectivity index (χ0n) is 8.70. The van der Waals surface area contributed by atoms with Crippen LogP contribution >= 0.6 is 11.8 Å². The first-order chi connectivity index (χ1) is 8.33. The first-order valence-corrected chi connectivity index (χ1v) is 5.72. The maximum atomic E-state index is 5.76. The molecule has 1 aromatic carbocycles. The SMILES string of the molecule is Nc1ccc2ncnc(Sc3ncco3)c2c1. The van der Waals surface area contributed by atoms with Crippen molar-refractivity contribution in [2.75, 3.05) is 5.73 Å². The first kappa shape index (κ1) is 10.1. The minimum atomic E-state index is 0.549. The molecule has 0 bridgehead atoms. The van der Waals surface area contributed by atoms with Crippen molar-refractivity contribution < 1.29 is 4.42 Å². The fraction of sp³-hybridized carbons (Fsp3) is 0. The predicted molar refractivity (Wildman–Crippen MR) is 64.6 cm³/mol. The lowest BCUT2D eigenvalue weighted by Gasteiger charge is -2.02. The van der Waals surface area contributed by atoms with Crippen LogP contribution in [-0.2, 0) is 0 Å². The van der Waals surface area contributed by atoms with Gasteiger partial charge < -0.3 is 10.2 Å². The fourth-order valence-corrected chi connectivity index (χ4v) is 2.23. The molecule has 0 atom stereocenters. The highest BCUT2D eigenvalue weighted by Crippen LogP contribution is 2.30. The van der Waals surface area contributed by atoms with Gasteiger partial charge in [0.1, 0.15) is 17.6 Å². The van der Waals surface area contributed by atoms with Crippen molar-refractivity contribution in [3.63, 3.8) is 0 Å². The number of nitrogens with two attached hydrogens (primary N) is 1. The van der Waals surface area contributed by atoms with E-state index in [1.54, 1.807) is 6.20 Å². The highest BCUT2D eigenvalue weighted by atomic mass is 32.2. The van der Waals surface area contributed by atoms with Gasteiger partial charge >= 0.3 is 0 Å². The molecule has 2 heterocycles. The molecule has 5 nitrogen and oxygen atoms in total.